The van der Waals surface area contributed by atoms with Gasteiger partial charge in [-0.1, -0.05) is 6.42 Å². The summed E-state index contributed by atoms with van der Waals surface area (Å²) in [6.45, 7) is 7.72. The highest BCUT2D eigenvalue weighted by Gasteiger charge is 2.29. The maximum Gasteiger partial charge on any atom is 0.315 e. The van der Waals surface area contributed by atoms with Gasteiger partial charge in [0.1, 0.15) is 23.4 Å². The Morgan fingerprint density at radius 3 is 2.76 bits per heavy atom. The minimum Gasteiger partial charge on any atom is -0.459 e. The molecule has 2 amide bonds. The number of rotatable bonds is 6. The van der Waals surface area contributed by atoms with E-state index in [1.54, 1.807) is 6.07 Å². The SMILES string of the molecule is Cc1c([C@@H](C)NC(=O)NC2CCCC(C(O)NC(C)C)C2)oc2ccc(F)cc12. The topological polar surface area (TPSA) is 86.5 Å². The second-order valence-electron chi connectivity index (χ2n) is 8.46. The van der Waals surface area contributed by atoms with Gasteiger partial charge in [0.2, 0.25) is 0 Å². The Morgan fingerprint density at radius 1 is 1.28 bits per heavy atom. The number of carbonyl (C=O) groups is 1. The van der Waals surface area contributed by atoms with Crippen molar-refractivity contribution in [1.29, 1.82) is 0 Å². The molecule has 0 spiro atoms. The Kier molecular flexibility index (Phi) is 6.80. The van der Waals surface area contributed by atoms with Crippen LogP contribution in [-0.4, -0.2) is 29.4 Å². The number of aliphatic hydroxyl groups excluding tert-OH is 1. The van der Waals surface area contributed by atoms with Gasteiger partial charge in [-0.15, -0.1) is 0 Å². The summed E-state index contributed by atoms with van der Waals surface area (Å²) in [6.07, 6.45) is 3.00. The van der Waals surface area contributed by atoms with E-state index in [1.165, 1.54) is 12.1 Å². The summed E-state index contributed by atoms with van der Waals surface area (Å²) < 4.78 is 19.4. The van der Waals surface area contributed by atoms with Crippen LogP contribution in [0.25, 0.3) is 11.0 Å². The summed E-state index contributed by atoms with van der Waals surface area (Å²) in [5.74, 6) is 0.438. The molecule has 2 aromatic rings. The van der Waals surface area contributed by atoms with E-state index in [4.69, 9.17) is 4.42 Å². The molecule has 0 radical (unpaired) electrons. The van der Waals surface area contributed by atoms with Crippen molar-refractivity contribution in [2.45, 2.75) is 77.7 Å². The predicted octanol–water partition coefficient (Wildman–Crippen LogP) is 4.12. The number of fused-ring (bicyclic) bond motifs is 1. The van der Waals surface area contributed by atoms with Crippen molar-refractivity contribution >= 4 is 17.0 Å². The molecule has 3 rings (SSSR count). The van der Waals surface area contributed by atoms with E-state index >= 15 is 0 Å². The Hall–Kier alpha value is -2.12. The first-order chi connectivity index (χ1) is 13.7. The number of carbonyl (C=O) groups excluding carboxylic acids is 1. The van der Waals surface area contributed by atoms with Crippen LogP contribution in [-0.2, 0) is 0 Å². The average Bonchev–Trinajstić information content (AvgIpc) is 2.97. The Labute approximate surface area is 171 Å². The summed E-state index contributed by atoms with van der Waals surface area (Å²) in [4.78, 5) is 12.5. The number of aryl methyl sites for hydroxylation is 1. The summed E-state index contributed by atoms with van der Waals surface area (Å²) in [5.41, 5.74) is 1.43. The van der Waals surface area contributed by atoms with Gasteiger partial charge in [-0.3, -0.25) is 5.32 Å². The van der Waals surface area contributed by atoms with E-state index in [2.05, 4.69) is 16.0 Å². The molecule has 1 heterocycles. The highest BCUT2D eigenvalue weighted by Crippen LogP contribution is 2.30. The molecule has 160 valence electrons. The molecular formula is C22H32FN3O3. The molecule has 1 fully saturated rings. The number of halogens is 1. The number of hydrogen-bond acceptors (Lipinski definition) is 4. The lowest BCUT2D eigenvalue weighted by Gasteiger charge is -2.33. The molecule has 0 saturated heterocycles. The van der Waals surface area contributed by atoms with Crippen molar-refractivity contribution in [3.63, 3.8) is 0 Å². The van der Waals surface area contributed by atoms with Crippen LogP contribution in [0.4, 0.5) is 9.18 Å². The largest absolute Gasteiger partial charge is 0.459 e. The van der Waals surface area contributed by atoms with Crippen LogP contribution in [0.15, 0.2) is 22.6 Å². The van der Waals surface area contributed by atoms with Crippen molar-refractivity contribution in [1.82, 2.24) is 16.0 Å². The second kappa shape index (κ2) is 9.13. The Balaban J connectivity index is 1.58. The highest BCUT2D eigenvalue weighted by atomic mass is 19.1. The van der Waals surface area contributed by atoms with Gasteiger partial charge in [0, 0.05) is 29.0 Å². The fourth-order valence-electron chi connectivity index (χ4n) is 4.24. The number of nitrogens with one attached hydrogen (secondary N) is 3. The smallest absolute Gasteiger partial charge is 0.315 e. The van der Waals surface area contributed by atoms with Gasteiger partial charge >= 0.3 is 6.03 Å². The van der Waals surface area contributed by atoms with Crippen molar-refractivity contribution in [3.8, 4) is 0 Å². The predicted molar refractivity (Wildman–Crippen MR) is 111 cm³/mol. The maximum absolute atomic E-state index is 13.5. The van der Waals surface area contributed by atoms with E-state index in [0.29, 0.717) is 11.3 Å². The van der Waals surface area contributed by atoms with E-state index in [-0.39, 0.29) is 35.9 Å². The third-order valence-electron chi connectivity index (χ3n) is 5.68. The van der Waals surface area contributed by atoms with Gasteiger partial charge in [0.15, 0.2) is 0 Å². The van der Waals surface area contributed by atoms with Crippen LogP contribution in [0.1, 0.15) is 63.8 Å². The van der Waals surface area contributed by atoms with Crippen molar-refractivity contribution in [2.24, 2.45) is 5.92 Å². The molecule has 0 bridgehead atoms. The molecule has 6 nitrogen and oxygen atoms in total. The van der Waals surface area contributed by atoms with E-state index in [1.807, 2.05) is 27.7 Å². The number of furan rings is 1. The zero-order chi connectivity index (χ0) is 21.1. The minimum absolute atomic E-state index is 0.0235. The average molecular weight is 406 g/mol. The minimum atomic E-state index is -0.555. The zero-order valence-electron chi connectivity index (χ0n) is 17.6. The number of benzene rings is 1. The van der Waals surface area contributed by atoms with Gasteiger partial charge in [0.25, 0.3) is 0 Å². The number of aliphatic hydroxyl groups is 1. The van der Waals surface area contributed by atoms with Crippen molar-refractivity contribution < 1.29 is 18.7 Å². The molecule has 1 aliphatic rings. The lowest BCUT2D eigenvalue weighted by molar-refractivity contribution is 0.0419. The van der Waals surface area contributed by atoms with Gasteiger partial charge in [-0.2, -0.15) is 0 Å². The van der Waals surface area contributed by atoms with Crippen molar-refractivity contribution in [2.75, 3.05) is 0 Å². The van der Waals surface area contributed by atoms with Gasteiger partial charge in [-0.05, 0) is 65.2 Å². The number of urea groups is 1. The summed E-state index contributed by atoms with van der Waals surface area (Å²) in [5, 5.41) is 20.2. The number of amides is 2. The Bertz CT molecular complexity index is 851. The molecule has 1 aliphatic carbocycles. The molecule has 1 saturated carbocycles. The first-order valence-electron chi connectivity index (χ1n) is 10.4. The monoisotopic (exact) mass is 405 g/mol. The molecule has 4 N–H and O–H groups in total. The van der Waals surface area contributed by atoms with E-state index < -0.39 is 6.23 Å². The van der Waals surface area contributed by atoms with Crippen LogP contribution < -0.4 is 16.0 Å². The highest BCUT2D eigenvalue weighted by molar-refractivity contribution is 5.82. The quantitative estimate of drug-likeness (QED) is 0.545. The molecule has 0 aliphatic heterocycles. The Morgan fingerprint density at radius 2 is 2.03 bits per heavy atom. The maximum atomic E-state index is 13.5. The van der Waals surface area contributed by atoms with Gasteiger partial charge in [-0.25, -0.2) is 9.18 Å². The van der Waals surface area contributed by atoms with Crippen molar-refractivity contribution in [3.05, 3.63) is 35.3 Å². The summed E-state index contributed by atoms with van der Waals surface area (Å²) in [6, 6.07) is 4.04. The molecular weight excluding hydrogens is 373 g/mol. The normalized spacial score (nSPS) is 21.9. The fourth-order valence-corrected chi connectivity index (χ4v) is 4.24. The van der Waals surface area contributed by atoms with Crippen LogP contribution in [0, 0.1) is 18.7 Å². The lowest BCUT2D eigenvalue weighted by atomic mass is 9.84. The number of hydrogen-bond donors (Lipinski definition) is 4. The first-order valence-corrected chi connectivity index (χ1v) is 10.4. The summed E-state index contributed by atoms with van der Waals surface area (Å²) in [7, 11) is 0. The van der Waals surface area contributed by atoms with Crippen LogP contribution in [0.3, 0.4) is 0 Å². The van der Waals surface area contributed by atoms with Gasteiger partial charge < -0.3 is 20.2 Å². The van der Waals surface area contributed by atoms with Gasteiger partial charge in [0.05, 0.1) is 6.04 Å². The standard InChI is InChI=1S/C22H32FN3O3/c1-12(2)24-21(27)15-6-5-7-17(10-15)26-22(28)25-14(4)20-13(3)18-11-16(23)8-9-19(18)29-20/h8-9,11-12,14-15,17,21,24,27H,5-7,10H2,1-4H3,(H2,25,26,28)/t14-,15?,17?,21?/m1/s1. The molecule has 7 heteroatoms. The van der Waals surface area contributed by atoms with Crippen LogP contribution in [0.5, 0.6) is 0 Å². The first kappa shape index (κ1) is 21.6. The summed E-state index contributed by atoms with van der Waals surface area (Å²) >= 11 is 0. The molecule has 3 unspecified atom stereocenters. The molecule has 1 aromatic carbocycles. The van der Waals surface area contributed by atoms with Crippen LogP contribution >= 0.6 is 0 Å². The third kappa shape index (κ3) is 5.28. The zero-order valence-corrected chi connectivity index (χ0v) is 17.6. The van der Waals surface area contributed by atoms with Crippen LogP contribution in [0.2, 0.25) is 0 Å². The third-order valence-corrected chi connectivity index (χ3v) is 5.68. The molecule has 29 heavy (non-hydrogen) atoms. The lowest BCUT2D eigenvalue weighted by Crippen LogP contribution is -2.48. The van der Waals surface area contributed by atoms with E-state index in [9.17, 15) is 14.3 Å². The second-order valence-corrected chi connectivity index (χ2v) is 8.46. The van der Waals surface area contributed by atoms with E-state index in [0.717, 1.165) is 36.6 Å². The fraction of sp³-hybridized carbons (Fsp3) is 0.591. The molecule has 1 aromatic heterocycles. The molecule has 4 atom stereocenters.